The van der Waals surface area contributed by atoms with Crippen LogP contribution >= 0.6 is 0 Å². The number of hydrogen-bond donors (Lipinski definition) is 1. The van der Waals surface area contributed by atoms with Gasteiger partial charge in [-0.15, -0.1) is 20.4 Å². The average molecular weight is 700 g/mol. The summed E-state index contributed by atoms with van der Waals surface area (Å²) >= 11 is 0. The number of fused-ring (bicyclic) bond motifs is 2. The highest BCUT2D eigenvalue weighted by atomic mass is 16.5. The van der Waals surface area contributed by atoms with Gasteiger partial charge in [0.2, 0.25) is 0 Å². The van der Waals surface area contributed by atoms with Crippen LogP contribution in [0.3, 0.4) is 0 Å². The predicted molar refractivity (Wildman–Crippen MR) is 207 cm³/mol. The molecule has 4 heterocycles. The summed E-state index contributed by atoms with van der Waals surface area (Å²) in [5.74, 6) is 0.930. The maximum atomic E-state index is 12.0. The van der Waals surface area contributed by atoms with Gasteiger partial charge in [0.05, 0.1) is 12.2 Å². The number of hydrogen-bond acceptors (Lipinski definition) is 7. The summed E-state index contributed by atoms with van der Waals surface area (Å²) in [5.41, 5.74) is 11.1. The molecule has 0 fully saturated rings. The summed E-state index contributed by atoms with van der Waals surface area (Å²) in [4.78, 5) is 23.9. The molecule has 0 radical (unpaired) electrons. The summed E-state index contributed by atoms with van der Waals surface area (Å²) in [6, 6.07) is 39.4. The highest BCUT2D eigenvalue weighted by Gasteiger charge is 2.14. The number of pyridine rings is 2. The van der Waals surface area contributed by atoms with Crippen molar-refractivity contribution in [1.82, 2.24) is 34.5 Å². The average Bonchev–Trinajstić information content (AvgIpc) is 3.83. The summed E-state index contributed by atoms with van der Waals surface area (Å²) in [6.45, 7) is 6.28. The van der Waals surface area contributed by atoms with E-state index in [0.717, 1.165) is 44.7 Å². The number of nitrogens with zero attached hydrogens (tertiary/aromatic N) is 6. The van der Waals surface area contributed by atoms with Crippen molar-refractivity contribution in [3.63, 3.8) is 0 Å². The van der Waals surface area contributed by atoms with Gasteiger partial charge < -0.3 is 10.1 Å². The molecular formula is C43H37N7O3. The number of ether oxygens (including phenoxy) is 1. The van der Waals surface area contributed by atoms with Gasteiger partial charge in [0, 0.05) is 36.1 Å². The van der Waals surface area contributed by atoms with E-state index in [9.17, 15) is 9.59 Å². The van der Waals surface area contributed by atoms with Crippen molar-refractivity contribution in [1.29, 1.82) is 0 Å². The van der Waals surface area contributed by atoms with E-state index in [1.54, 1.807) is 32.2 Å². The molecule has 0 aliphatic heterocycles. The molecule has 0 atom stereocenters. The van der Waals surface area contributed by atoms with E-state index < -0.39 is 0 Å². The Kier molecular flexibility index (Phi) is 9.84. The van der Waals surface area contributed by atoms with E-state index in [4.69, 9.17) is 4.74 Å². The lowest BCUT2D eigenvalue weighted by molar-refractivity contribution is 0.0526. The normalized spacial score (nSPS) is 10.9. The number of benzene rings is 4. The van der Waals surface area contributed by atoms with Gasteiger partial charge in [-0.2, -0.15) is 0 Å². The maximum absolute atomic E-state index is 12.0. The monoisotopic (exact) mass is 699 g/mol. The van der Waals surface area contributed by atoms with E-state index >= 15 is 0 Å². The third-order valence-corrected chi connectivity index (χ3v) is 8.82. The Morgan fingerprint density at radius 3 is 1.49 bits per heavy atom. The van der Waals surface area contributed by atoms with Crippen molar-refractivity contribution in [2.75, 3.05) is 13.7 Å². The molecular weight excluding hydrogens is 663 g/mol. The van der Waals surface area contributed by atoms with Crippen LogP contribution in [0, 0.1) is 13.8 Å². The van der Waals surface area contributed by atoms with Crippen LogP contribution < -0.4 is 5.32 Å². The predicted octanol–water partition coefficient (Wildman–Crippen LogP) is 8.28. The SMILES string of the molecule is CCOC(=O)c1cccc(-c2nnc3ccc(-c4ccc(C)cc4)cn23)c1.CNC(=O)c1cccc(-c2nnc3ccc(-c4ccc(C)cc4)cn23)c1. The lowest BCUT2D eigenvalue weighted by atomic mass is 10.1. The van der Waals surface area contributed by atoms with E-state index in [1.165, 1.54) is 11.1 Å². The van der Waals surface area contributed by atoms with Gasteiger partial charge in [-0.1, -0.05) is 83.9 Å². The zero-order valence-electron chi connectivity index (χ0n) is 29.8. The lowest BCUT2D eigenvalue weighted by Crippen LogP contribution is -2.17. The van der Waals surface area contributed by atoms with Crippen LogP contribution in [-0.4, -0.2) is 54.7 Å². The highest BCUT2D eigenvalue weighted by molar-refractivity contribution is 5.95. The first-order valence-corrected chi connectivity index (χ1v) is 17.2. The fraction of sp³-hybridized carbons (Fsp3) is 0.116. The third-order valence-electron chi connectivity index (χ3n) is 8.82. The van der Waals surface area contributed by atoms with Gasteiger partial charge in [0.1, 0.15) is 0 Å². The topological polar surface area (TPSA) is 116 Å². The van der Waals surface area contributed by atoms with Crippen molar-refractivity contribution in [2.45, 2.75) is 20.8 Å². The minimum atomic E-state index is -0.339. The van der Waals surface area contributed by atoms with Crippen LogP contribution in [0.15, 0.2) is 134 Å². The van der Waals surface area contributed by atoms with E-state index in [2.05, 4.69) is 88.1 Å². The largest absolute Gasteiger partial charge is 0.462 e. The standard InChI is InChI=1S/C22H19N3O2.C21H18N4O/c1-3-27-22(26)18-6-4-5-17(13-18)21-24-23-20-12-11-19(14-25(20)21)16-9-7-15(2)8-10-16;1-14-6-8-15(9-7-14)18-10-11-19-23-24-20(25(19)13-18)16-4-3-5-17(12-16)21(26)22-2/h4-14H,3H2,1-2H3;3-13H,1-2H3,(H,22,26). The highest BCUT2D eigenvalue weighted by Crippen LogP contribution is 2.26. The Morgan fingerprint density at radius 1 is 0.566 bits per heavy atom. The van der Waals surface area contributed by atoms with Crippen LogP contribution in [0.4, 0.5) is 0 Å². The molecule has 4 aromatic heterocycles. The van der Waals surface area contributed by atoms with Gasteiger partial charge in [-0.05, 0) is 91.6 Å². The first-order valence-electron chi connectivity index (χ1n) is 17.2. The van der Waals surface area contributed by atoms with Crippen LogP contribution in [0.2, 0.25) is 0 Å². The number of esters is 1. The second kappa shape index (κ2) is 15.1. The zero-order valence-corrected chi connectivity index (χ0v) is 29.8. The Bertz CT molecular complexity index is 2570. The molecule has 8 aromatic rings. The smallest absolute Gasteiger partial charge is 0.338 e. The number of rotatable bonds is 7. The molecule has 0 spiro atoms. The number of carbonyl (C=O) groups excluding carboxylic acids is 2. The summed E-state index contributed by atoms with van der Waals surface area (Å²) in [6.07, 6.45) is 4.05. The summed E-state index contributed by atoms with van der Waals surface area (Å²) in [5, 5.41) is 19.8. The van der Waals surface area contributed by atoms with E-state index in [1.807, 2.05) is 75.8 Å². The maximum Gasteiger partial charge on any atom is 0.338 e. The molecule has 8 rings (SSSR count). The van der Waals surface area contributed by atoms with Crippen LogP contribution in [0.1, 0.15) is 38.8 Å². The number of carbonyl (C=O) groups is 2. The van der Waals surface area contributed by atoms with Crippen molar-refractivity contribution >= 4 is 23.2 Å². The molecule has 1 N–H and O–H groups in total. The molecule has 0 unspecified atom stereocenters. The van der Waals surface area contributed by atoms with Gasteiger partial charge in [-0.3, -0.25) is 13.6 Å². The molecule has 0 aliphatic rings. The minimum Gasteiger partial charge on any atom is -0.462 e. The summed E-state index contributed by atoms with van der Waals surface area (Å²) in [7, 11) is 1.62. The second-order valence-electron chi connectivity index (χ2n) is 12.5. The number of amides is 1. The van der Waals surface area contributed by atoms with Gasteiger partial charge in [0.15, 0.2) is 22.9 Å². The fourth-order valence-corrected chi connectivity index (χ4v) is 5.95. The first kappa shape index (κ1) is 34.5. The molecule has 0 bridgehead atoms. The molecule has 262 valence electrons. The van der Waals surface area contributed by atoms with Crippen molar-refractivity contribution in [3.8, 4) is 45.0 Å². The molecule has 1 amide bonds. The molecule has 10 heteroatoms. The summed E-state index contributed by atoms with van der Waals surface area (Å²) < 4.78 is 8.99. The molecule has 4 aromatic carbocycles. The number of nitrogens with one attached hydrogen (secondary N) is 1. The van der Waals surface area contributed by atoms with Crippen LogP contribution in [0.5, 0.6) is 0 Å². The zero-order chi connectivity index (χ0) is 36.9. The Hall–Kier alpha value is -6.94. The van der Waals surface area contributed by atoms with E-state index in [0.29, 0.717) is 29.4 Å². The minimum absolute atomic E-state index is 0.124. The second-order valence-corrected chi connectivity index (χ2v) is 12.5. The first-order chi connectivity index (χ1) is 25.8. The Labute approximate surface area is 306 Å². The van der Waals surface area contributed by atoms with Gasteiger partial charge in [-0.25, -0.2) is 4.79 Å². The van der Waals surface area contributed by atoms with Crippen molar-refractivity contribution in [3.05, 3.63) is 156 Å². The van der Waals surface area contributed by atoms with Gasteiger partial charge in [0.25, 0.3) is 5.91 Å². The molecule has 53 heavy (non-hydrogen) atoms. The van der Waals surface area contributed by atoms with Crippen molar-refractivity contribution in [2.24, 2.45) is 0 Å². The van der Waals surface area contributed by atoms with E-state index in [-0.39, 0.29) is 11.9 Å². The van der Waals surface area contributed by atoms with Crippen molar-refractivity contribution < 1.29 is 14.3 Å². The molecule has 0 aliphatic carbocycles. The third kappa shape index (κ3) is 7.43. The quantitative estimate of drug-likeness (QED) is 0.167. The Morgan fingerprint density at radius 2 is 1.02 bits per heavy atom. The van der Waals surface area contributed by atoms with Crippen LogP contribution in [0.25, 0.3) is 56.3 Å². The Balaban J connectivity index is 0.000000164. The fourth-order valence-electron chi connectivity index (χ4n) is 5.95. The molecule has 0 saturated carbocycles. The molecule has 0 saturated heterocycles. The number of aromatic nitrogens is 6. The van der Waals surface area contributed by atoms with Gasteiger partial charge >= 0.3 is 5.97 Å². The molecule has 10 nitrogen and oxygen atoms in total. The van der Waals surface area contributed by atoms with Crippen LogP contribution in [-0.2, 0) is 4.74 Å². The number of aryl methyl sites for hydroxylation is 2. The lowest BCUT2D eigenvalue weighted by Gasteiger charge is -2.06.